The fourth-order valence-electron chi connectivity index (χ4n) is 1.46. The van der Waals surface area contributed by atoms with Gasteiger partial charge in [0.25, 0.3) is 5.91 Å². The molecule has 6 heteroatoms. The number of benzene rings is 1. The zero-order chi connectivity index (χ0) is 14.3. The zero-order valence-electron chi connectivity index (χ0n) is 10.6. The van der Waals surface area contributed by atoms with E-state index in [9.17, 15) is 4.79 Å². The van der Waals surface area contributed by atoms with Crippen molar-refractivity contribution in [3.05, 3.63) is 28.2 Å². The summed E-state index contributed by atoms with van der Waals surface area (Å²) in [7, 11) is 0. The standard InChI is InChI=1S/C13H16BrN3O2/c1-9(16)11-7-10(14)3-4-12(11)19-8-13(18)17-6-2-5-15/h3-4,7,9H,2,6,8,16H2,1H3,(H,17,18)/t9-/m0/s1. The Kier molecular flexibility index (Phi) is 6.33. The molecule has 1 aromatic rings. The number of amides is 1. The lowest BCUT2D eigenvalue weighted by Crippen LogP contribution is -2.29. The minimum Gasteiger partial charge on any atom is -0.483 e. The van der Waals surface area contributed by atoms with Crippen molar-refractivity contribution in [2.45, 2.75) is 19.4 Å². The monoisotopic (exact) mass is 325 g/mol. The third-order valence-corrected chi connectivity index (χ3v) is 2.87. The van der Waals surface area contributed by atoms with Gasteiger partial charge in [-0.25, -0.2) is 0 Å². The van der Waals surface area contributed by atoms with Crippen LogP contribution >= 0.6 is 15.9 Å². The summed E-state index contributed by atoms with van der Waals surface area (Å²) in [5.74, 6) is 0.336. The van der Waals surface area contributed by atoms with E-state index in [1.807, 2.05) is 25.1 Å². The van der Waals surface area contributed by atoms with Crippen molar-refractivity contribution in [3.8, 4) is 11.8 Å². The maximum atomic E-state index is 11.5. The Hall–Kier alpha value is -1.58. The van der Waals surface area contributed by atoms with Crippen molar-refractivity contribution < 1.29 is 9.53 Å². The summed E-state index contributed by atoms with van der Waals surface area (Å²) in [4.78, 5) is 11.5. The Bertz CT molecular complexity index is 483. The molecule has 5 nitrogen and oxygen atoms in total. The van der Waals surface area contributed by atoms with Gasteiger partial charge in [-0.3, -0.25) is 4.79 Å². The van der Waals surface area contributed by atoms with Gasteiger partial charge in [0.2, 0.25) is 0 Å². The summed E-state index contributed by atoms with van der Waals surface area (Å²) >= 11 is 3.37. The van der Waals surface area contributed by atoms with Crippen molar-refractivity contribution in [3.63, 3.8) is 0 Å². The van der Waals surface area contributed by atoms with Crippen molar-refractivity contribution in [1.82, 2.24) is 5.32 Å². The number of hydrogen-bond donors (Lipinski definition) is 2. The molecule has 0 saturated heterocycles. The van der Waals surface area contributed by atoms with Crippen molar-refractivity contribution in [2.24, 2.45) is 5.73 Å². The Morgan fingerprint density at radius 3 is 3.00 bits per heavy atom. The van der Waals surface area contributed by atoms with E-state index in [1.54, 1.807) is 6.07 Å². The number of carbonyl (C=O) groups excluding carboxylic acids is 1. The van der Waals surface area contributed by atoms with Gasteiger partial charge in [-0.1, -0.05) is 15.9 Å². The molecule has 0 saturated carbocycles. The maximum Gasteiger partial charge on any atom is 0.257 e. The molecule has 102 valence electrons. The van der Waals surface area contributed by atoms with Crippen LogP contribution in [0.5, 0.6) is 5.75 Å². The average molecular weight is 326 g/mol. The minimum absolute atomic E-state index is 0.0905. The summed E-state index contributed by atoms with van der Waals surface area (Å²) in [5, 5.41) is 10.9. The predicted octanol–water partition coefficient (Wildman–Crippen LogP) is 1.88. The summed E-state index contributed by atoms with van der Waals surface area (Å²) in [6, 6.07) is 7.23. The van der Waals surface area contributed by atoms with Gasteiger partial charge < -0.3 is 15.8 Å². The Balaban J connectivity index is 2.58. The molecule has 0 aliphatic rings. The molecule has 0 bridgehead atoms. The highest BCUT2D eigenvalue weighted by molar-refractivity contribution is 9.10. The molecule has 0 fully saturated rings. The topological polar surface area (TPSA) is 88.1 Å². The van der Waals surface area contributed by atoms with Gasteiger partial charge in [0, 0.05) is 22.6 Å². The van der Waals surface area contributed by atoms with E-state index >= 15 is 0 Å². The fourth-order valence-corrected chi connectivity index (χ4v) is 1.84. The van der Waals surface area contributed by atoms with Gasteiger partial charge in [0.1, 0.15) is 5.75 Å². The molecule has 3 N–H and O–H groups in total. The first-order valence-electron chi connectivity index (χ1n) is 5.86. The third-order valence-electron chi connectivity index (χ3n) is 2.38. The van der Waals surface area contributed by atoms with Crippen LogP contribution in [0.15, 0.2) is 22.7 Å². The highest BCUT2D eigenvalue weighted by Crippen LogP contribution is 2.27. The molecule has 0 aromatic heterocycles. The number of nitriles is 1. The zero-order valence-corrected chi connectivity index (χ0v) is 12.2. The third kappa shape index (κ3) is 5.28. The first kappa shape index (κ1) is 15.5. The lowest BCUT2D eigenvalue weighted by molar-refractivity contribution is -0.123. The smallest absolute Gasteiger partial charge is 0.257 e. The van der Waals surface area contributed by atoms with E-state index < -0.39 is 0 Å². The number of nitrogens with two attached hydrogens (primary N) is 1. The molecule has 0 heterocycles. The van der Waals surface area contributed by atoms with Crippen LogP contribution in [-0.2, 0) is 4.79 Å². The van der Waals surface area contributed by atoms with Gasteiger partial charge >= 0.3 is 0 Å². The van der Waals surface area contributed by atoms with Gasteiger partial charge in [-0.15, -0.1) is 0 Å². The van der Waals surface area contributed by atoms with E-state index in [0.717, 1.165) is 10.0 Å². The average Bonchev–Trinajstić information content (AvgIpc) is 2.37. The van der Waals surface area contributed by atoms with Crippen molar-refractivity contribution in [1.29, 1.82) is 5.26 Å². The second-order valence-electron chi connectivity index (χ2n) is 4.02. The quantitative estimate of drug-likeness (QED) is 0.781. The Morgan fingerprint density at radius 2 is 2.37 bits per heavy atom. The number of ether oxygens (including phenoxy) is 1. The van der Waals surface area contributed by atoms with Crippen LogP contribution in [0.25, 0.3) is 0 Å². The Labute approximate surface area is 120 Å². The first-order chi connectivity index (χ1) is 9.04. The summed E-state index contributed by atoms with van der Waals surface area (Å²) < 4.78 is 6.36. The normalized spacial score (nSPS) is 11.5. The van der Waals surface area contributed by atoms with E-state index in [0.29, 0.717) is 12.3 Å². The number of nitrogens with zero attached hydrogens (tertiary/aromatic N) is 1. The molecule has 19 heavy (non-hydrogen) atoms. The molecule has 1 atom stereocenters. The first-order valence-corrected chi connectivity index (χ1v) is 6.65. The highest BCUT2D eigenvalue weighted by Gasteiger charge is 2.10. The second kappa shape index (κ2) is 7.77. The fraction of sp³-hybridized carbons (Fsp3) is 0.385. The lowest BCUT2D eigenvalue weighted by Gasteiger charge is -2.14. The van der Waals surface area contributed by atoms with E-state index in [2.05, 4.69) is 21.2 Å². The number of nitrogens with one attached hydrogen (secondary N) is 1. The molecule has 1 aromatic carbocycles. The van der Waals surface area contributed by atoms with Crippen molar-refractivity contribution >= 4 is 21.8 Å². The number of rotatable bonds is 6. The molecule has 1 amide bonds. The lowest BCUT2D eigenvalue weighted by atomic mass is 10.1. The van der Waals surface area contributed by atoms with Crippen LogP contribution < -0.4 is 15.8 Å². The van der Waals surface area contributed by atoms with Crippen LogP contribution in [0.1, 0.15) is 24.9 Å². The number of carbonyl (C=O) groups is 1. The van der Waals surface area contributed by atoms with E-state index in [-0.39, 0.29) is 25.0 Å². The SMILES string of the molecule is C[C@H](N)c1cc(Br)ccc1OCC(=O)NCCC#N. The number of halogens is 1. The van der Waals surface area contributed by atoms with E-state index in [1.165, 1.54) is 0 Å². The molecule has 0 spiro atoms. The van der Waals surface area contributed by atoms with Gasteiger partial charge in [0.05, 0.1) is 12.5 Å². The molecule has 0 radical (unpaired) electrons. The summed E-state index contributed by atoms with van der Waals surface area (Å²) in [5.41, 5.74) is 6.68. The predicted molar refractivity (Wildman–Crippen MR) is 75.5 cm³/mol. The van der Waals surface area contributed by atoms with Crippen LogP contribution in [-0.4, -0.2) is 19.1 Å². The maximum absolute atomic E-state index is 11.5. The van der Waals surface area contributed by atoms with Crippen LogP contribution in [0.4, 0.5) is 0 Å². The van der Waals surface area contributed by atoms with Crippen LogP contribution in [0.2, 0.25) is 0 Å². The van der Waals surface area contributed by atoms with Gasteiger partial charge in [-0.05, 0) is 25.1 Å². The van der Waals surface area contributed by atoms with E-state index in [4.69, 9.17) is 15.7 Å². The molecule has 0 aliphatic heterocycles. The van der Waals surface area contributed by atoms with Gasteiger partial charge in [-0.2, -0.15) is 5.26 Å². The van der Waals surface area contributed by atoms with Gasteiger partial charge in [0.15, 0.2) is 6.61 Å². The van der Waals surface area contributed by atoms with Crippen LogP contribution in [0, 0.1) is 11.3 Å². The Morgan fingerprint density at radius 1 is 1.63 bits per heavy atom. The minimum atomic E-state index is -0.256. The molecule has 0 aliphatic carbocycles. The van der Waals surface area contributed by atoms with Crippen LogP contribution in [0.3, 0.4) is 0 Å². The molecular formula is C13H16BrN3O2. The largest absolute Gasteiger partial charge is 0.483 e. The summed E-state index contributed by atoms with van der Waals surface area (Å²) in [6.07, 6.45) is 0.287. The van der Waals surface area contributed by atoms with Crippen molar-refractivity contribution in [2.75, 3.05) is 13.2 Å². The second-order valence-corrected chi connectivity index (χ2v) is 4.93. The molecule has 1 rings (SSSR count). The number of hydrogen-bond acceptors (Lipinski definition) is 4. The highest BCUT2D eigenvalue weighted by atomic mass is 79.9. The molecular weight excluding hydrogens is 310 g/mol. The molecule has 0 unspecified atom stereocenters. The summed E-state index contributed by atoms with van der Waals surface area (Å²) in [6.45, 7) is 2.09.